The van der Waals surface area contributed by atoms with Gasteiger partial charge in [-0.1, -0.05) is 18.2 Å². The van der Waals surface area contributed by atoms with Crippen molar-refractivity contribution >= 4 is 22.7 Å². The van der Waals surface area contributed by atoms with Crippen molar-refractivity contribution in [3.05, 3.63) is 83.3 Å². The average molecular weight is 499 g/mol. The summed E-state index contributed by atoms with van der Waals surface area (Å²) >= 11 is 0. The number of hydroxylamine groups is 1. The Morgan fingerprint density at radius 3 is 2.78 bits per heavy atom. The van der Waals surface area contributed by atoms with Crippen LogP contribution in [0.15, 0.2) is 60.6 Å². The number of benzene rings is 2. The van der Waals surface area contributed by atoms with Gasteiger partial charge in [-0.05, 0) is 49.1 Å². The minimum absolute atomic E-state index is 0.0232. The molecule has 1 aliphatic rings. The maximum Gasteiger partial charge on any atom is 0.254 e. The summed E-state index contributed by atoms with van der Waals surface area (Å²) in [4.78, 5) is 29.7. The molecule has 0 aliphatic carbocycles. The van der Waals surface area contributed by atoms with Gasteiger partial charge in [0.05, 0.1) is 18.5 Å². The molecule has 2 aromatic carbocycles. The molecule has 1 aliphatic heterocycles. The molecule has 2 heterocycles. The largest absolute Gasteiger partial charge is 0.399 e. The lowest BCUT2D eigenvalue weighted by molar-refractivity contribution is -0.130. The summed E-state index contributed by atoms with van der Waals surface area (Å²) in [5, 5.41) is 11.4. The number of nitrogens with two attached hydrogens (primary N) is 2. The summed E-state index contributed by atoms with van der Waals surface area (Å²) in [6.45, 7) is 0.396. The molecule has 0 saturated carbocycles. The zero-order valence-corrected chi connectivity index (χ0v) is 19.5. The molecule has 190 valence electrons. The molecule has 2 atom stereocenters. The summed E-state index contributed by atoms with van der Waals surface area (Å²) in [5.41, 5.74) is 10.2. The molecule has 0 radical (unpaired) electrons. The Bertz CT molecular complexity index is 1290. The van der Waals surface area contributed by atoms with Crippen LogP contribution >= 0.6 is 0 Å². The third kappa shape index (κ3) is 5.31. The van der Waals surface area contributed by atoms with Crippen molar-refractivity contribution < 1.29 is 23.6 Å². The van der Waals surface area contributed by atoms with E-state index in [1.54, 1.807) is 5.48 Å². The maximum atomic E-state index is 13.7. The van der Waals surface area contributed by atoms with Crippen molar-refractivity contribution in [1.29, 1.82) is 0 Å². The van der Waals surface area contributed by atoms with Gasteiger partial charge in [-0.15, -0.1) is 0 Å². The number of likely N-dealkylation sites (tertiary alicyclic amines) is 1. The van der Waals surface area contributed by atoms with Crippen LogP contribution < -0.4 is 17.1 Å². The van der Waals surface area contributed by atoms with Gasteiger partial charge in [0.2, 0.25) is 5.91 Å². The first-order valence-corrected chi connectivity index (χ1v) is 11.5. The van der Waals surface area contributed by atoms with Crippen molar-refractivity contribution in [1.82, 2.24) is 20.4 Å². The SMILES string of the molecule is N/C(=C\N(N)C(CC(=O)NO)Cc1c[nH]c2ccccc12)C1CCCN1C(=O)c1ccc(F)c(F)c1. The first-order valence-electron chi connectivity index (χ1n) is 11.5. The molecule has 2 unspecified atom stereocenters. The van der Waals surface area contributed by atoms with E-state index in [0.717, 1.165) is 28.6 Å². The normalized spacial score (nSPS) is 16.8. The number of hydrazine groups is 1. The van der Waals surface area contributed by atoms with Crippen LogP contribution in [0.4, 0.5) is 8.78 Å². The Morgan fingerprint density at radius 2 is 2.03 bits per heavy atom. The zero-order chi connectivity index (χ0) is 25.8. The van der Waals surface area contributed by atoms with E-state index in [1.807, 2.05) is 30.5 Å². The van der Waals surface area contributed by atoms with Crippen LogP contribution in [0.5, 0.6) is 0 Å². The molecule has 4 rings (SSSR count). The van der Waals surface area contributed by atoms with E-state index in [-0.39, 0.29) is 12.0 Å². The lowest BCUT2D eigenvalue weighted by Crippen LogP contribution is -2.44. The predicted molar refractivity (Wildman–Crippen MR) is 129 cm³/mol. The monoisotopic (exact) mass is 498 g/mol. The Labute approximate surface area is 206 Å². The molecule has 1 aromatic heterocycles. The Morgan fingerprint density at radius 1 is 1.25 bits per heavy atom. The number of carbonyl (C=O) groups is 2. The third-order valence-electron chi connectivity index (χ3n) is 6.46. The standard InChI is InChI=1S/C25H28F2N6O3/c26-19-8-7-15(11-20(19)27)25(35)32-9-3-6-23(32)21(28)14-33(29)17(12-24(34)31-36)10-16-13-30-22-5-2-1-4-18(16)22/h1-2,4-5,7-8,11,13-14,17,23,30,36H,3,6,9-10,12,28-29H2,(H,31,34)/b21-14-. The highest BCUT2D eigenvalue weighted by Gasteiger charge is 2.32. The number of H-pyrrole nitrogens is 1. The number of nitrogens with zero attached hydrogens (tertiary/aromatic N) is 2. The number of fused-ring (bicyclic) bond motifs is 1. The molecule has 1 fully saturated rings. The highest BCUT2D eigenvalue weighted by atomic mass is 19.2. The van der Waals surface area contributed by atoms with Gasteiger partial charge in [0.15, 0.2) is 11.6 Å². The van der Waals surface area contributed by atoms with Crippen LogP contribution in [0, 0.1) is 11.6 Å². The molecule has 36 heavy (non-hydrogen) atoms. The second-order valence-corrected chi connectivity index (χ2v) is 8.82. The van der Waals surface area contributed by atoms with Gasteiger partial charge in [-0.2, -0.15) is 0 Å². The van der Waals surface area contributed by atoms with Crippen molar-refractivity contribution in [3.63, 3.8) is 0 Å². The summed E-state index contributed by atoms with van der Waals surface area (Å²) in [5.74, 6) is 3.12. The van der Waals surface area contributed by atoms with Crippen LogP contribution in [0.3, 0.4) is 0 Å². The second-order valence-electron chi connectivity index (χ2n) is 8.82. The maximum absolute atomic E-state index is 13.7. The van der Waals surface area contributed by atoms with E-state index in [4.69, 9.17) is 16.8 Å². The van der Waals surface area contributed by atoms with Crippen LogP contribution in [-0.2, 0) is 11.2 Å². The number of nitrogens with one attached hydrogen (secondary N) is 2. The van der Waals surface area contributed by atoms with Gasteiger partial charge in [0, 0.05) is 41.1 Å². The summed E-state index contributed by atoms with van der Waals surface area (Å²) in [7, 11) is 0. The van der Waals surface area contributed by atoms with Gasteiger partial charge < -0.3 is 20.6 Å². The van der Waals surface area contributed by atoms with E-state index in [2.05, 4.69) is 4.98 Å². The number of aromatic amines is 1. The van der Waals surface area contributed by atoms with Crippen LogP contribution in [0.25, 0.3) is 10.9 Å². The molecule has 7 N–H and O–H groups in total. The van der Waals surface area contributed by atoms with Crippen LogP contribution in [0.1, 0.15) is 35.2 Å². The number of amides is 2. The predicted octanol–water partition coefficient (Wildman–Crippen LogP) is 2.53. The molecule has 1 saturated heterocycles. The van der Waals surface area contributed by atoms with E-state index < -0.39 is 35.5 Å². The number of aromatic nitrogens is 1. The summed E-state index contributed by atoms with van der Waals surface area (Å²) < 4.78 is 27.0. The smallest absolute Gasteiger partial charge is 0.254 e. The van der Waals surface area contributed by atoms with E-state index >= 15 is 0 Å². The first kappa shape index (κ1) is 25.1. The number of rotatable bonds is 8. The molecular weight excluding hydrogens is 470 g/mol. The fraction of sp³-hybridized carbons (Fsp3) is 0.280. The lowest BCUT2D eigenvalue weighted by Gasteiger charge is -2.29. The number of hydrogen-bond acceptors (Lipinski definition) is 6. The van der Waals surface area contributed by atoms with Crippen molar-refractivity contribution in [3.8, 4) is 0 Å². The summed E-state index contributed by atoms with van der Waals surface area (Å²) in [6, 6.07) is 9.65. The molecular formula is C25H28F2N6O3. The fourth-order valence-corrected chi connectivity index (χ4v) is 4.61. The Hall–Kier alpha value is -3.96. The molecule has 9 nitrogen and oxygen atoms in total. The number of carbonyl (C=O) groups excluding carboxylic acids is 2. The Kier molecular flexibility index (Phi) is 7.51. The third-order valence-corrected chi connectivity index (χ3v) is 6.46. The highest BCUT2D eigenvalue weighted by molar-refractivity contribution is 5.94. The lowest BCUT2D eigenvalue weighted by atomic mass is 10.0. The van der Waals surface area contributed by atoms with Crippen molar-refractivity contribution in [2.24, 2.45) is 11.6 Å². The van der Waals surface area contributed by atoms with Gasteiger partial charge in [0.25, 0.3) is 5.91 Å². The number of para-hydroxylation sites is 1. The molecule has 0 spiro atoms. The fourth-order valence-electron chi connectivity index (χ4n) is 4.61. The van der Waals surface area contributed by atoms with E-state index in [9.17, 15) is 18.4 Å². The average Bonchev–Trinajstić information content (AvgIpc) is 3.52. The van der Waals surface area contributed by atoms with Crippen molar-refractivity contribution in [2.75, 3.05) is 6.54 Å². The first-order chi connectivity index (χ1) is 17.3. The molecule has 11 heteroatoms. The van der Waals surface area contributed by atoms with Gasteiger partial charge in [0.1, 0.15) is 0 Å². The topological polar surface area (TPSA) is 141 Å². The van der Waals surface area contributed by atoms with Crippen LogP contribution in [-0.4, -0.2) is 50.5 Å². The summed E-state index contributed by atoms with van der Waals surface area (Å²) in [6.07, 6.45) is 4.82. The highest BCUT2D eigenvalue weighted by Crippen LogP contribution is 2.26. The minimum Gasteiger partial charge on any atom is -0.399 e. The molecule has 2 amide bonds. The van der Waals surface area contributed by atoms with Gasteiger partial charge >= 0.3 is 0 Å². The second kappa shape index (κ2) is 10.8. The minimum atomic E-state index is -1.10. The van der Waals surface area contributed by atoms with Crippen molar-refractivity contribution in [2.45, 2.75) is 37.8 Å². The van der Waals surface area contributed by atoms with Crippen LogP contribution in [0.2, 0.25) is 0 Å². The number of halogens is 2. The molecule has 0 bridgehead atoms. The Balaban J connectivity index is 1.54. The van der Waals surface area contributed by atoms with Gasteiger partial charge in [-0.25, -0.2) is 20.1 Å². The molecule has 3 aromatic rings. The van der Waals surface area contributed by atoms with E-state index in [1.165, 1.54) is 22.2 Å². The van der Waals surface area contributed by atoms with Gasteiger partial charge in [-0.3, -0.25) is 14.8 Å². The number of hydrogen-bond donors (Lipinski definition) is 5. The quantitative estimate of drug-likeness (QED) is 0.184. The van der Waals surface area contributed by atoms with E-state index in [0.29, 0.717) is 31.5 Å². The zero-order valence-electron chi connectivity index (χ0n) is 19.5.